The van der Waals surface area contributed by atoms with E-state index in [1.54, 1.807) is 11.3 Å². The van der Waals surface area contributed by atoms with Gasteiger partial charge in [-0.05, 0) is 34.1 Å². The number of hydrogen-bond donors (Lipinski definition) is 1. The Morgan fingerprint density at radius 2 is 2.00 bits per heavy atom. The fourth-order valence-corrected chi connectivity index (χ4v) is 1.90. The monoisotopic (exact) mass is 198 g/mol. The predicted molar refractivity (Wildman–Crippen MR) is 59.6 cm³/mol. The maximum absolute atomic E-state index is 4.45. The highest BCUT2D eigenvalue weighted by Gasteiger charge is 2.16. The number of nitrogens with one attached hydrogen (secondary N) is 1. The summed E-state index contributed by atoms with van der Waals surface area (Å²) in [6.07, 6.45) is 1.10. The first kappa shape index (κ1) is 10.5. The molecule has 1 aromatic rings. The van der Waals surface area contributed by atoms with Gasteiger partial charge in [0.25, 0.3) is 0 Å². The van der Waals surface area contributed by atoms with E-state index in [1.807, 2.05) is 0 Å². The van der Waals surface area contributed by atoms with Crippen LogP contribution in [0, 0.1) is 13.8 Å². The summed E-state index contributed by atoms with van der Waals surface area (Å²) in [6, 6.07) is 0. The molecule has 0 saturated heterocycles. The molecule has 2 nitrogen and oxygen atoms in total. The summed E-state index contributed by atoms with van der Waals surface area (Å²) in [4.78, 5) is 5.75. The average Bonchev–Trinajstić information content (AvgIpc) is 2.30. The first-order chi connectivity index (χ1) is 5.94. The smallest absolute Gasteiger partial charge is 0.183 e. The molecule has 0 aromatic carbocycles. The van der Waals surface area contributed by atoms with E-state index in [4.69, 9.17) is 0 Å². The van der Waals surface area contributed by atoms with E-state index in [-0.39, 0.29) is 5.54 Å². The molecule has 3 heteroatoms. The van der Waals surface area contributed by atoms with E-state index in [2.05, 4.69) is 44.9 Å². The Hall–Kier alpha value is -0.570. The third kappa shape index (κ3) is 2.69. The van der Waals surface area contributed by atoms with Crippen molar-refractivity contribution >= 4 is 16.5 Å². The third-order valence-corrected chi connectivity index (χ3v) is 3.35. The van der Waals surface area contributed by atoms with Gasteiger partial charge in [-0.15, -0.1) is 11.3 Å². The molecule has 0 unspecified atom stereocenters. The van der Waals surface area contributed by atoms with Crippen LogP contribution in [0.4, 0.5) is 5.13 Å². The molecule has 0 saturated carbocycles. The summed E-state index contributed by atoms with van der Waals surface area (Å²) < 4.78 is 0. The molecule has 0 radical (unpaired) electrons. The van der Waals surface area contributed by atoms with Gasteiger partial charge >= 0.3 is 0 Å². The number of aromatic nitrogens is 1. The molecular weight excluding hydrogens is 180 g/mol. The molecule has 0 bridgehead atoms. The standard InChI is InChI=1S/C10H18N2S/c1-6-10(4,5)12-9-11-7(2)8(3)13-9/h6H2,1-5H3,(H,11,12). The van der Waals surface area contributed by atoms with Gasteiger partial charge in [-0.1, -0.05) is 6.92 Å². The quantitative estimate of drug-likeness (QED) is 0.805. The van der Waals surface area contributed by atoms with Gasteiger partial charge in [0.15, 0.2) is 5.13 Å². The van der Waals surface area contributed by atoms with Crippen LogP contribution in [-0.4, -0.2) is 10.5 Å². The maximum atomic E-state index is 4.45. The van der Waals surface area contributed by atoms with Gasteiger partial charge < -0.3 is 5.32 Å². The molecule has 0 aliphatic heterocycles. The average molecular weight is 198 g/mol. The van der Waals surface area contributed by atoms with Crippen LogP contribution >= 0.6 is 11.3 Å². The normalized spacial score (nSPS) is 11.8. The molecule has 74 valence electrons. The minimum Gasteiger partial charge on any atom is -0.357 e. The SMILES string of the molecule is CCC(C)(C)Nc1nc(C)c(C)s1. The zero-order valence-electron chi connectivity index (χ0n) is 9.06. The molecule has 0 atom stereocenters. The van der Waals surface area contributed by atoms with Crippen LogP contribution in [-0.2, 0) is 0 Å². The maximum Gasteiger partial charge on any atom is 0.183 e. The van der Waals surface area contributed by atoms with Crippen molar-refractivity contribution in [2.24, 2.45) is 0 Å². The Bertz CT molecular complexity index is 270. The van der Waals surface area contributed by atoms with Crippen molar-refractivity contribution in [3.63, 3.8) is 0 Å². The molecule has 1 N–H and O–H groups in total. The van der Waals surface area contributed by atoms with Crippen LogP contribution < -0.4 is 5.32 Å². The zero-order valence-corrected chi connectivity index (χ0v) is 9.88. The van der Waals surface area contributed by atoms with Gasteiger partial charge in [0.05, 0.1) is 5.69 Å². The number of thiazole rings is 1. The second-order valence-corrected chi connectivity index (χ2v) is 5.23. The topological polar surface area (TPSA) is 24.9 Å². The number of aryl methyl sites for hydroxylation is 2. The van der Waals surface area contributed by atoms with Gasteiger partial charge in [0.2, 0.25) is 0 Å². The largest absolute Gasteiger partial charge is 0.357 e. The summed E-state index contributed by atoms with van der Waals surface area (Å²) in [6.45, 7) is 10.7. The van der Waals surface area contributed by atoms with E-state index in [0.29, 0.717) is 0 Å². The van der Waals surface area contributed by atoms with Crippen molar-refractivity contribution < 1.29 is 0 Å². The Kier molecular flexibility index (Phi) is 2.96. The van der Waals surface area contributed by atoms with Crippen molar-refractivity contribution in [2.75, 3.05) is 5.32 Å². The Labute approximate surface area is 84.4 Å². The van der Waals surface area contributed by atoms with Gasteiger partial charge in [-0.3, -0.25) is 0 Å². The van der Waals surface area contributed by atoms with Crippen molar-refractivity contribution in [2.45, 2.75) is 46.6 Å². The summed E-state index contributed by atoms with van der Waals surface area (Å²) in [7, 11) is 0. The molecule has 0 fully saturated rings. The van der Waals surface area contributed by atoms with E-state index < -0.39 is 0 Å². The molecule has 0 spiro atoms. The van der Waals surface area contributed by atoms with Crippen molar-refractivity contribution in [1.82, 2.24) is 4.98 Å². The molecule has 0 amide bonds. The van der Waals surface area contributed by atoms with Crippen LogP contribution in [0.2, 0.25) is 0 Å². The van der Waals surface area contributed by atoms with Crippen LogP contribution in [0.15, 0.2) is 0 Å². The second kappa shape index (κ2) is 3.66. The highest BCUT2D eigenvalue weighted by Crippen LogP contribution is 2.25. The van der Waals surface area contributed by atoms with Gasteiger partial charge in [0.1, 0.15) is 0 Å². The van der Waals surface area contributed by atoms with Crippen LogP contribution in [0.1, 0.15) is 37.8 Å². The van der Waals surface area contributed by atoms with Crippen LogP contribution in [0.5, 0.6) is 0 Å². The molecular formula is C10H18N2S. The zero-order chi connectivity index (χ0) is 10.1. The van der Waals surface area contributed by atoms with Crippen molar-refractivity contribution in [3.8, 4) is 0 Å². The van der Waals surface area contributed by atoms with E-state index in [9.17, 15) is 0 Å². The number of rotatable bonds is 3. The molecule has 0 aliphatic carbocycles. The number of nitrogens with zero attached hydrogens (tertiary/aromatic N) is 1. The lowest BCUT2D eigenvalue weighted by Gasteiger charge is -2.23. The minimum absolute atomic E-state index is 0.150. The third-order valence-electron chi connectivity index (χ3n) is 2.36. The minimum atomic E-state index is 0.150. The summed E-state index contributed by atoms with van der Waals surface area (Å²) in [5.74, 6) is 0. The molecule has 0 aliphatic rings. The lowest BCUT2D eigenvalue weighted by Crippen LogP contribution is -2.29. The summed E-state index contributed by atoms with van der Waals surface area (Å²) in [5.41, 5.74) is 1.29. The summed E-state index contributed by atoms with van der Waals surface area (Å²) >= 11 is 1.73. The highest BCUT2D eigenvalue weighted by atomic mass is 32.1. The molecule has 1 aromatic heterocycles. The Morgan fingerprint density at radius 3 is 2.38 bits per heavy atom. The van der Waals surface area contributed by atoms with Crippen LogP contribution in [0.25, 0.3) is 0 Å². The predicted octanol–water partition coefficient (Wildman–Crippen LogP) is 3.36. The lowest BCUT2D eigenvalue weighted by molar-refractivity contribution is 0.547. The second-order valence-electron chi connectivity index (χ2n) is 4.02. The Morgan fingerprint density at radius 1 is 1.38 bits per heavy atom. The lowest BCUT2D eigenvalue weighted by atomic mass is 10.0. The van der Waals surface area contributed by atoms with Gasteiger partial charge in [-0.25, -0.2) is 4.98 Å². The molecule has 13 heavy (non-hydrogen) atoms. The van der Waals surface area contributed by atoms with E-state index in [1.165, 1.54) is 4.88 Å². The summed E-state index contributed by atoms with van der Waals surface area (Å²) in [5, 5.41) is 4.48. The Balaban J connectivity index is 2.75. The molecule has 1 heterocycles. The fraction of sp³-hybridized carbons (Fsp3) is 0.700. The first-order valence-electron chi connectivity index (χ1n) is 4.67. The number of anilines is 1. The van der Waals surface area contributed by atoms with Gasteiger partial charge in [-0.2, -0.15) is 0 Å². The van der Waals surface area contributed by atoms with Gasteiger partial charge in [0, 0.05) is 10.4 Å². The number of hydrogen-bond acceptors (Lipinski definition) is 3. The highest BCUT2D eigenvalue weighted by molar-refractivity contribution is 7.15. The van der Waals surface area contributed by atoms with Crippen LogP contribution in [0.3, 0.4) is 0 Å². The fourth-order valence-electron chi connectivity index (χ4n) is 0.904. The first-order valence-corrected chi connectivity index (χ1v) is 5.48. The van der Waals surface area contributed by atoms with E-state index in [0.717, 1.165) is 17.2 Å². The van der Waals surface area contributed by atoms with E-state index >= 15 is 0 Å². The molecule has 1 rings (SSSR count). The van der Waals surface area contributed by atoms with Crippen molar-refractivity contribution in [3.05, 3.63) is 10.6 Å². The van der Waals surface area contributed by atoms with Crippen molar-refractivity contribution in [1.29, 1.82) is 0 Å².